The van der Waals surface area contributed by atoms with Gasteiger partial charge < -0.3 is 0 Å². The molecular weight excluding hydrogens is 289 g/mol. The van der Waals surface area contributed by atoms with E-state index < -0.39 is 5.37 Å². The molecule has 0 bridgehead atoms. The molecular formula is C12H15BrClNO. The number of hydrogen-bond acceptors (Lipinski definition) is 1. The van der Waals surface area contributed by atoms with Crippen molar-refractivity contribution < 1.29 is 4.79 Å². The Morgan fingerprint density at radius 1 is 1.38 bits per heavy atom. The molecule has 0 aliphatic rings. The molecule has 1 rings (SSSR count). The zero-order valence-corrected chi connectivity index (χ0v) is 12.0. The minimum absolute atomic E-state index is 0.428. The quantitative estimate of drug-likeness (QED) is 0.588. The fourth-order valence-corrected chi connectivity index (χ4v) is 2.03. The maximum absolute atomic E-state index is 11.3. The van der Waals surface area contributed by atoms with Crippen LogP contribution >= 0.6 is 27.5 Å². The lowest BCUT2D eigenvalue weighted by atomic mass is 10.1. The highest BCUT2D eigenvalue weighted by molar-refractivity contribution is 9.10. The van der Waals surface area contributed by atoms with E-state index in [1.165, 1.54) is 0 Å². The molecule has 0 aromatic heterocycles. The topological polar surface area (TPSA) is 20.3 Å². The number of amides is 1. The van der Waals surface area contributed by atoms with E-state index >= 15 is 0 Å². The van der Waals surface area contributed by atoms with Crippen LogP contribution < -0.4 is 4.90 Å². The molecule has 0 atom stereocenters. The second-order valence-corrected chi connectivity index (χ2v) is 4.91. The smallest absolute Gasteiger partial charge is 0.299 e. The number of carbonyl (C=O) groups excluding carboxylic acids is 1. The van der Waals surface area contributed by atoms with Crippen LogP contribution in [0.1, 0.15) is 24.5 Å². The monoisotopic (exact) mass is 303 g/mol. The van der Waals surface area contributed by atoms with E-state index in [2.05, 4.69) is 15.9 Å². The predicted octanol–water partition coefficient (Wildman–Crippen LogP) is 4.64. The van der Waals surface area contributed by atoms with Crippen LogP contribution in [-0.2, 0) is 0 Å². The van der Waals surface area contributed by atoms with Crippen molar-refractivity contribution in [3.63, 3.8) is 0 Å². The van der Waals surface area contributed by atoms with Crippen molar-refractivity contribution in [1.29, 1.82) is 0 Å². The van der Waals surface area contributed by atoms with Crippen LogP contribution in [0.15, 0.2) is 16.6 Å². The second-order valence-electron chi connectivity index (χ2n) is 3.80. The number of carbonyl (C=O) groups is 1. The van der Waals surface area contributed by atoms with Gasteiger partial charge in [-0.2, -0.15) is 0 Å². The SMILES string of the molecule is CCCN(C(=O)Cl)c1cc(C)c(Br)c(C)c1. The lowest BCUT2D eigenvalue weighted by molar-refractivity contribution is 0.264. The molecule has 0 heterocycles. The Labute approximate surface area is 110 Å². The van der Waals surface area contributed by atoms with Crippen molar-refractivity contribution in [1.82, 2.24) is 0 Å². The summed E-state index contributed by atoms with van der Waals surface area (Å²) in [5.74, 6) is 0. The van der Waals surface area contributed by atoms with Crippen molar-refractivity contribution >= 4 is 38.6 Å². The van der Waals surface area contributed by atoms with Crippen LogP contribution in [0, 0.1) is 13.8 Å². The summed E-state index contributed by atoms with van der Waals surface area (Å²) >= 11 is 9.08. The molecule has 0 aliphatic heterocycles. The van der Waals surface area contributed by atoms with Crippen LogP contribution in [0.4, 0.5) is 10.5 Å². The highest BCUT2D eigenvalue weighted by Crippen LogP contribution is 2.27. The van der Waals surface area contributed by atoms with E-state index in [1.807, 2.05) is 32.9 Å². The molecule has 0 fully saturated rings. The molecule has 88 valence electrons. The van der Waals surface area contributed by atoms with Crippen LogP contribution in [0.5, 0.6) is 0 Å². The molecule has 4 heteroatoms. The van der Waals surface area contributed by atoms with E-state index in [0.717, 1.165) is 27.7 Å². The second kappa shape index (κ2) is 5.69. The Balaban J connectivity index is 3.15. The van der Waals surface area contributed by atoms with Crippen molar-refractivity contribution in [2.45, 2.75) is 27.2 Å². The fraction of sp³-hybridized carbons (Fsp3) is 0.417. The molecule has 0 saturated heterocycles. The van der Waals surface area contributed by atoms with E-state index in [-0.39, 0.29) is 0 Å². The summed E-state index contributed by atoms with van der Waals surface area (Å²) in [5.41, 5.74) is 3.07. The minimum Gasteiger partial charge on any atom is -0.299 e. The first-order valence-electron chi connectivity index (χ1n) is 5.21. The Morgan fingerprint density at radius 3 is 2.25 bits per heavy atom. The van der Waals surface area contributed by atoms with Gasteiger partial charge in [-0.1, -0.05) is 22.9 Å². The normalized spacial score (nSPS) is 10.3. The highest BCUT2D eigenvalue weighted by atomic mass is 79.9. The minimum atomic E-state index is -0.428. The molecule has 16 heavy (non-hydrogen) atoms. The lowest BCUT2D eigenvalue weighted by Crippen LogP contribution is -2.26. The Kier molecular flexibility index (Phi) is 4.81. The molecule has 0 spiro atoms. The number of nitrogens with zero attached hydrogens (tertiary/aromatic N) is 1. The van der Waals surface area contributed by atoms with E-state index in [9.17, 15) is 4.79 Å². The highest BCUT2D eigenvalue weighted by Gasteiger charge is 2.14. The largest absolute Gasteiger partial charge is 0.320 e. The van der Waals surface area contributed by atoms with Crippen molar-refractivity contribution in [3.8, 4) is 0 Å². The zero-order chi connectivity index (χ0) is 12.3. The maximum atomic E-state index is 11.3. The molecule has 0 N–H and O–H groups in total. The molecule has 1 aromatic carbocycles. The number of rotatable bonds is 3. The first-order chi connectivity index (χ1) is 7.47. The third-order valence-corrected chi connectivity index (χ3v) is 3.85. The maximum Gasteiger partial charge on any atom is 0.320 e. The van der Waals surface area contributed by atoms with Crippen LogP contribution in [-0.4, -0.2) is 11.9 Å². The van der Waals surface area contributed by atoms with Gasteiger partial charge in [0.1, 0.15) is 0 Å². The molecule has 0 saturated carbocycles. The zero-order valence-electron chi connectivity index (χ0n) is 9.68. The van der Waals surface area contributed by atoms with Crippen molar-refractivity contribution in [2.75, 3.05) is 11.4 Å². The summed E-state index contributed by atoms with van der Waals surface area (Å²) in [6.07, 6.45) is 0.882. The van der Waals surface area contributed by atoms with Gasteiger partial charge in [-0.25, -0.2) is 0 Å². The standard InChI is InChI=1S/C12H15BrClNO/c1-4-5-15(12(14)16)10-6-8(2)11(13)9(3)7-10/h6-7H,4-5H2,1-3H3. The van der Waals surface area contributed by atoms with Crippen LogP contribution in [0.3, 0.4) is 0 Å². The molecule has 1 aromatic rings. The van der Waals surface area contributed by atoms with Gasteiger partial charge in [0.15, 0.2) is 0 Å². The molecule has 0 radical (unpaired) electrons. The molecule has 2 nitrogen and oxygen atoms in total. The number of benzene rings is 1. The van der Waals surface area contributed by atoms with Gasteiger partial charge in [0.2, 0.25) is 0 Å². The average molecular weight is 305 g/mol. The van der Waals surface area contributed by atoms with Gasteiger partial charge in [0.05, 0.1) is 0 Å². The Hall–Kier alpha value is -0.540. The number of hydrogen-bond donors (Lipinski definition) is 0. The van der Waals surface area contributed by atoms with Crippen molar-refractivity contribution in [3.05, 3.63) is 27.7 Å². The Bertz CT molecular complexity index is 383. The first kappa shape index (κ1) is 13.5. The van der Waals surface area contributed by atoms with Gasteiger partial charge in [-0.15, -0.1) is 0 Å². The fourth-order valence-electron chi connectivity index (χ4n) is 1.62. The summed E-state index contributed by atoms with van der Waals surface area (Å²) in [5, 5.41) is -0.428. The molecule has 0 aliphatic carbocycles. The third-order valence-electron chi connectivity index (χ3n) is 2.39. The summed E-state index contributed by atoms with van der Waals surface area (Å²) in [4.78, 5) is 12.9. The number of halogens is 2. The van der Waals surface area contributed by atoms with Crippen LogP contribution in [0.25, 0.3) is 0 Å². The predicted molar refractivity (Wildman–Crippen MR) is 72.5 cm³/mol. The number of anilines is 1. The molecule has 1 amide bonds. The lowest BCUT2D eigenvalue weighted by Gasteiger charge is -2.20. The van der Waals surface area contributed by atoms with E-state index in [4.69, 9.17) is 11.6 Å². The van der Waals surface area contributed by atoms with Gasteiger partial charge in [0, 0.05) is 16.7 Å². The van der Waals surface area contributed by atoms with Gasteiger partial charge >= 0.3 is 5.37 Å². The summed E-state index contributed by atoms with van der Waals surface area (Å²) in [6, 6.07) is 3.93. The number of aryl methyl sites for hydroxylation is 2. The Morgan fingerprint density at radius 2 is 1.88 bits per heavy atom. The summed E-state index contributed by atoms with van der Waals surface area (Å²) < 4.78 is 1.08. The first-order valence-corrected chi connectivity index (χ1v) is 6.38. The average Bonchev–Trinajstić information content (AvgIpc) is 2.21. The van der Waals surface area contributed by atoms with Gasteiger partial charge in [-0.05, 0) is 55.1 Å². The van der Waals surface area contributed by atoms with E-state index in [0.29, 0.717) is 6.54 Å². The molecule has 0 unspecified atom stereocenters. The van der Waals surface area contributed by atoms with Gasteiger partial charge in [0.25, 0.3) is 0 Å². The third kappa shape index (κ3) is 2.98. The van der Waals surface area contributed by atoms with Crippen LogP contribution in [0.2, 0.25) is 0 Å². The van der Waals surface area contributed by atoms with Crippen molar-refractivity contribution in [2.24, 2.45) is 0 Å². The summed E-state index contributed by atoms with van der Waals surface area (Å²) in [7, 11) is 0. The van der Waals surface area contributed by atoms with Gasteiger partial charge in [-0.3, -0.25) is 9.69 Å². The van der Waals surface area contributed by atoms with E-state index in [1.54, 1.807) is 4.90 Å². The summed E-state index contributed by atoms with van der Waals surface area (Å²) in [6.45, 7) is 6.67.